The van der Waals surface area contributed by atoms with Crippen molar-refractivity contribution in [1.82, 2.24) is 9.80 Å². The van der Waals surface area contributed by atoms with Gasteiger partial charge in [0.25, 0.3) is 0 Å². The van der Waals surface area contributed by atoms with Crippen molar-refractivity contribution in [3.8, 4) is 0 Å². The van der Waals surface area contributed by atoms with Gasteiger partial charge in [-0.05, 0) is 12.5 Å². The zero-order valence-corrected chi connectivity index (χ0v) is 15.1. The van der Waals surface area contributed by atoms with Crippen LogP contribution in [0.25, 0.3) is 0 Å². The van der Waals surface area contributed by atoms with Gasteiger partial charge in [0.05, 0.1) is 6.54 Å². The van der Waals surface area contributed by atoms with Crippen molar-refractivity contribution in [2.24, 2.45) is 0 Å². The zero-order chi connectivity index (χ0) is 18.4. The van der Waals surface area contributed by atoms with Gasteiger partial charge in [-0.25, -0.2) is 4.79 Å². The molecular weight excluding hydrogens is 328 g/mol. The maximum Gasteiger partial charge on any atom is 0.410 e. The predicted octanol–water partition coefficient (Wildman–Crippen LogP) is 3.13. The van der Waals surface area contributed by atoms with Crippen molar-refractivity contribution in [2.45, 2.75) is 13.5 Å². The molecule has 3 rings (SSSR count). The summed E-state index contributed by atoms with van der Waals surface area (Å²) in [5.41, 5.74) is 2.85. The highest BCUT2D eigenvalue weighted by Gasteiger charge is 2.23. The summed E-state index contributed by atoms with van der Waals surface area (Å²) in [6.07, 6.45) is -0.293. The van der Waals surface area contributed by atoms with Gasteiger partial charge in [0, 0.05) is 31.7 Å². The van der Waals surface area contributed by atoms with Gasteiger partial charge in [0.1, 0.15) is 6.61 Å². The third-order valence-electron chi connectivity index (χ3n) is 4.58. The lowest BCUT2D eigenvalue weighted by atomic mass is 10.1. The van der Waals surface area contributed by atoms with Crippen LogP contribution in [-0.4, -0.2) is 54.4 Å². The molecule has 136 valence electrons. The molecule has 2 aromatic carbocycles. The first kappa shape index (κ1) is 18.1. The zero-order valence-electron chi connectivity index (χ0n) is 15.1. The Balaban J connectivity index is 1.42. The molecule has 0 radical (unpaired) electrons. The van der Waals surface area contributed by atoms with E-state index in [4.69, 9.17) is 4.74 Å². The summed E-state index contributed by atoms with van der Waals surface area (Å²) in [5.74, 6) is 0.116. The van der Waals surface area contributed by atoms with E-state index in [1.165, 1.54) is 0 Å². The molecule has 0 atom stereocenters. The van der Waals surface area contributed by atoms with E-state index >= 15 is 0 Å². The van der Waals surface area contributed by atoms with Gasteiger partial charge in [0.15, 0.2) is 5.78 Å². The molecule has 5 nitrogen and oxygen atoms in total. The van der Waals surface area contributed by atoms with Gasteiger partial charge in [-0.2, -0.15) is 0 Å². The van der Waals surface area contributed by atoms with Crippen LogP contribution < -0.4 is 0 Å². The van der Waals surface area contributed by atoms with E-state index in [9.17, 15) is 9.59 Å². The summed E-state index contributed by atoms with van der Waals surface area (Å²) >= 11 is 0. The van der Waals surface area contributed by atoms with E-state index < -0.39 is 0 Å². The monoisotopic (exact) mass is 352 g/mol. The minimum atomic E-state index is -0.293. The van der Waals surface area contributed by atoms with E-state index in [0.717, 1.165) is 16.7 Å². The predicted molar refractivity (Wildman–Crippen MR) is 100 cm³/mol. The lowest BCUT2D eigenvalue weighted by Gasteiger charge is -2.33. The first-order chi connectivity index (χ1) is 12.6. The Labute approximate surface area is 154 Å². The maximum atomic E-state index is 12.4. The minimum Gasteiger partial charge on any atom is -0.445 e. The number of ketones is 1. The number of Topliss-reactive ketones (excluding diaryl/α,β-unsaturated/α-hetero) is 1. The highest BCUT2D eigenvalue weighted by molar-refractivity contribution is 5.97. The first-order valence-electron chi connectivity index (χ1n) is 8.89. The second-order valence-corrected chi connectivity index (χ2v) is 6.59. The largest absolute Gasteiger partial charge is 0.445 e. The fourth-order valence-corrected chi connectivity index (χ4v) is 2.93. The number of carbonyl (C=O) groups excluding carboxylic acids is 2. The van der Waals surface area contributed by atoms with Crippen molar-refractivity contribution in [3.63, 3.8) is 0 Å². The van der Waals surface area contributed by atoms with Crippen LogP contribution in [-0.2, 0) is 11.3 Å². The van der Waals surface area contributed by atoms with Gasteiger partial charge in [-0.3, -0.25) is 9.69 Å². The van der Waals surface area contributed by atoms with Crippen molar-refractivity contribution in [2.75, 3.05) is 32.7 Å². The summed E-state index contributed by atoms with van der Waals surface area (Å²) in [5, 5.41) is 0. The van der Waals surface area contributed by atoms with Crippen LogP contribution in [0.4, 0.5) is 4.79 Å². The van der Waals surface area contributed by atoms with Gasteiger partial charge >= 0.3 is 6.09 Å². The number of piperazine rings is 1. The number of aryl methyl sites for hydroxylation is 1. The molecule has 1 fully saturated rings. The third-order valence-corrected chi connectivity index (χ3v) is 4.58. The molecule has 1 amide bonds. The lowest BCUT2D eigenvalue weighted by molar-refractivity contribution is 0.0678. The molecular formula is C21H24N2O3. The maximum absolute atomic E-state index is 12.4. The number of amides is 1. The fraction of sp³-hybridized carbons (Fsp3) is 0.333. The highest BCUT2D eigenvalue weighted by atomic mass is 16.6. The summed E-state index contributed by atoms with van der Waals surface area (Å²) in [6, 6.07) is 17.3. The summed E-state index contributed by atoms with van der Waals surface area (Å²) in [6.45, 7) is 5.19. The van der Waals surface area contributed by atoms with Gasteiger partial charge in [0.2, 0.25) is 0 Å². The molecule has 1 heterocycles. The number of nitrogens with zero attached hydrogens (tertiary/aromatic N) is 2. The topological polar surface area (TPSA) is 49.9 Å². The second-order valence-electron chi connectivity index (χ2n) is 6.59. The molecule has 0 N–H and O–H groups in total. The Bertz CT molecular complexity index is 736. The Morgan fingerprint density at radius 3 is 2.23 bits per heavy atom. The fourth-order valence-electron chi connectivity index (χ4n) is 2.93. The molecule has 0 bridgehead atoms. The Kier molecular flexibility index (Phi) is 6.02. The molecule has 5 heteroatoms. The molecule has 0 aliphatic carbocycles. The van der Waals surface area contributed by atoms with Crippen molar-refractivity contribution >= 4 is 11.9 Å². The van der Waals surface area contributed by atoms with Crippen LogP contribution >= 0.6 is 0 Å². The smallest absolute Gasteiger partial charge is 0.410 e. The molecule has 0 spiro atoms. The standard InChI is InChI=1S/C21H24N2O3/c1-17-7-9-19(10-8-17)20(24)15-22-11-13-23(14-12-22)21(25)26-16-18-5-3-2-4-6-18/h2-10H,11-16H2,1H3. The number of ether oxygens (including phenoxy) is 1. The Morgan fingerprint density at radius 1 is 0.923 bits per heavy atom. The highest BCUT2D eigenvalue weighted by Crippen LogP contribution is 2.09. The van der Waals surface area contributed by atoms with Crippen molar-refractivity contribution in [1.29, 1.82) is 0 Å². The molecule has 2 aromatic rings. The molecule has 1 saturated heterocycles. The van der Waals surface area contributed by atoms with Crippen LogP contribution in [0, 0.1) is 6.92 Å². The van der Waals surface area contributed by atoms with E-state index in [-0.39, 0.29) is 18.5 Å². The van der Waals surface area contributed by atoms with Gasteiger partial charge in [-0.15, -0.1) is 0 Å². The number of carbonyl (C=O) groups is 2. The average Bonchev–Trinajstić information content (AvgIpc) is 2.68. The normalized spacial score (nSPS) is 14.9. The van der Waals surface area contributed by atoms with Crippen molar-refractivity contribution in [3.05, 3.63) is 71.3 Å². The molecule has 1 aliphatic heterocycles. The van der Waals surface area contributed by atoms with E-state index in [1.54, 1.807) is 4.90 Å². The van der Waals surface area contributed by atoms with Crippen LogP contribution in [0.2, 0.25) is 0 Å². The van der Waals surface area contributed by atoms with Crippen LogP contribution in [0.1, 0.15) is 21.5 Å². The molecule has 1 aliphatic rings. The number of hydrogen-bond acceptors (Lipinski definition) is 4. The van der Waals surface area contributed by atoms with Crippen molar-refractivity contribution < 1.29 is 14.3 Å². The summed E-state index contributed by atoms with van der Waals surface area (Å²) in [7, 11) is 0. The van der Waals surface area contributed by atoms with Gasteiger partial charge < -0.3 is 9.64 Å². The third kappa shape index (κ3) is 4.92. The first-order valence-corrected chi connectivity index (χ1v) is 8.89. The Hall–Kier alpha value is -2.66. The Morgan fingerprint density at radius 2 is 1.58 bits per heavy atom. The minimum absolute atomic E-state index is 0.116. The summed E-state index contributed by atoms with van der Waals surface area (Å²) in [4.78, 5) is 28.3. The summed E-state index contributed by atoms with van der Waals surface area (Å²) < 4.78 is 5.37. The van der Waals surface area contributed by atoms with Gasteiger partial charge in [-0.1, -0.05) is 60.2 Å². The van der Waals surface area contributed by atoms with Crippen LogP contribution in [0.15, 0.2) is 54.6 Å². The molecule has 26 heavy (non-hydrogen) atoms. The molecule has 0 unspecified atom stereocenters. The average molecular weight is 352 g/mol. The molecule has 0 aromatic heterocycles. The quantitative estimate of drug-likeness (QED) is 0.776. The number of hydrogen-bond donors (Lipinski definition) is 0. The van der Waals surface area contributed by atoms with Crippen LogP contribution in [0.3, 0.4) is 0 Å². The second kappa shape index (κ2) is 8.63. The lowest BCUT2D eigenvalue weighted by Crippen LogP contribution is -2.50. The van der Waals surface area contributed by atoms with E-state index in [1.807, 2.05) is 61.5 Å². The van der Waals surface area contributed by atoms with E-state index in [2.05, 4.69) is 4.90 Å². The number of rotatable bonds is 5. The molecule has 0 saturated carbocycles. The van der Waals surface area contributed by atoms with Crippen LogP contribution in [0.5, 0.6) is 0 Å². The van der Waals surface area contributed by atoms with E-state index in [0.29, 0.717) is 32.7 Å². The SMILES string of the molecule is Cc1ccc(C(=O)CN2CCN(C(=O)OCc3ccccc3)CC2)cc1. The number of benzene rings is 2.